The van der Waals surface area contributed by atoms with Crippen molar-refractivity contribution in [2.24, 2.45) is 0 Å². The topological polar surface area (TPSA) is 101 Å². The molecule has 1 aromatic carbocycles. The minimum atomic E-state index is -4.20. The molecule has 1 fully saturated rings. The third kappa shape index (κ3) is 4.58. The molecule has 0 unspecified atom stereocenters. The van der Waals surface area contributed by atoms with E-state index in [0.717, 1.165) is 55.4 Å². The number of nitrogens with zero attached hydrogens (tertiary/aromatic N) is 4. The molecule has 0 radical (unpaired) electrons. The lowest BCUT2D eigenvalue weighted by Crippen LogP contribution is -2.38. The average Bonchev–Trinajstić information content (AvgIpc) is 3.16. The summed E-state index contributed by atoms with van der Waals surface area (Å²) in [7, 11) is -4.20. The Bertz CT molecular complexity index is 1300. The van der Waals surface area contributed by atoms with Crippen molar-refractivity contribution in [3.63, 3.8) is 0 Å². The Hall–Kier alpha value is -2.61. The third-order valence-electron chi connectivity index (χ3n) is 5.86. The van der Waals surface area contributed by atoms with E-state index in [4.69, 9.17) is 11.6 Å². The molecular weight excluding hydrogens is 472 g/mol. The number of nitriles is 1. The van der Waals surface area contributed by atoms with E-state index in [-0.39, 0.29) is 16.8 Å². The molecule has 0 aliphatic heterocycles. The van der Waals surface area contributed by atoms with Gasteiger partial charge in [-0.2, -0.15) is 5.26 Å². The van der Waals surface area contributed by atoms with Crippen LogP contribution >= 0.6 is 11.6 Å². The zero-order chi connectivity index (χ0) is 23.6. The summed E-state index contributed by atoms with van der Waals surface area (Å²) in [5.41, 5.74) is 1.69. The van der Waals surface area contributed by atoms with E-state index in [1.165, 1.54) is 0 Å². The molecule has 33 heavy (non-hydrogen) atoms. The molecule has 1 aliphatic rings. The molecule has 4 rings (SSSR count). The summed E-state index contributed by atoms with van der Waals surface area (Å²) < 4.78 is 54.4. The molecule has 1 aliphatic carbocycles. The SMILES string of the molecule is N#Cc1c(-c2ncc(S(=O)(=O)NC(CF)CF)cn2)n(C2CCCCC2)c2cc(Cl)ccc12. The third-order valence-corrected chi connectivity index (χ3v) is 7.57. The molecule has 1 N–H and O–H groups in total. The van der Waals surface area contributed by atoms with Crippen molar-refractivity contribution in [1.29, 1.82) is 5.26 Å². The van der Waals surface area contributed by atoms with Crippen molar-refractivity contribution in [1.82, 2.24) is 19.3 Å². The van der Waals surface area contributed by atoms with Crippen LogP contribution < -0.4 is 4.72 Å². The van der Waals surface area contributed by atoms with Gasteiger partial charge in [0.1, 0.15) is 30.0 Å². The fraction of sp³-hybridized carbons (Fsp3) is 0.409. The van der Waals surface area contributed by atoms with Crippen LogP contribution in [-0.2, 0) is 10.0 Å². The molecule has 0 atom stereocenters. The van der Waals surface area contributed by atoms with E-state index in [2.05, 4.69) is 16.0 Å². The number of fused-ring (bicyclic) bond motifs is 1. The summed E-state index contributed by atoms with van der Waals surface area (Å²) in [6.45, 7) is -2.35. The number of hydrogen-bond acceptors (Lipinski definition) is 5. The Morgan fingerprint density at radius 1 is 1.18 bits per heavy atom. The first-order valence-electron chi connectivity index (χ1n) is 10.6. The van der Waals surface area contributed by atoms with Crippen molar-refractivity contribution in [2.45, 2.75) is 49.1 Å². The Morgan fingerprint density at radius 3 is 2.45 bits per heavy atom. The average molecular weight is 494 g/mol. The Kier molecular flexibility index (Phi) is 6.93. The second kappa shape index (κ2) is 9.71. The quantitative estimate of drug-likeness (QED) is 0.513. The van der Waals surface area contributed by atoms with Gasteiger partial charge < -0.3 is 4.57 Å². The van der Waals surface area contributed by atoms with Crippen molar-refractivity contribution in [2.75, 3.05) is 13.3 Å². The van der Waals surface area contributed by atoms with Crippen LogP contribution in [0.2, 0.25) is 5.02 Å². The van der Waals surface area contributed by atoms with Crippen molar-refractivity contribution in [3.8, 4) is 17.6 Å². The molecule has 11 heteroatoms. The van der Waals surface area contributed by atoms with Gasteiger partial charge in [0.2, 0.25) is 10.0 Å². The van der Waals surface area contributed by atoms with E-state index in [9.17, 15) is 22.5 Å². The van der Waals surface area contributed by atoms with Crippen LogP contribution in [0.25, 0.3) is 22.4 Å². The number of nitrogens with one attached hydrogen (secondary N) is 1. The van der Waals surface area contributed by atoms with E-state index < -0.39 is 29.4 Å². The summed E-state index contributed by atoms with van der Waals surface area (Å²) in [5, 5.41) is 11.2. The maximum atomic E-state index is 12.8. The molecule has 0 spiro atoms. The zero-order valence-corrected chi connectivity index (χ0v) is 19.2. The summed E-state index contributed by atoms with van der Waals surface area (Å²) in [5.74, 6) is 0.191. The van der Waals surface area contributed by atoms with Gasteiger partial charge in [-0.15, -0.1) is 0 Å². The van der Waals surface area contributed by atoms with Crippen LogP contribution in [0.5, 0.6) is 0 Å². The smallest absolute Gasteiger partial charge is 0.244 e. The first-order chi connectivity index (χ1) is 15.9. The number of rotatable bonds is 7. The van der Waals surface area contributed by atoms with Gasteiger partial charge in [0.05, 0.1) is 29.5 Å². The van der Waals surface area contributed by atoms with Crippen LogP contribution in [0.4, 0.5) is 8.78 Å². The molecular formula is C22H22ClF2N5O2S. The summed E-state index contributed by atoms with van der Waals surface area (Å²) >= 11 is 6.26. The lowest BCUT2D eigenvalue weighted by Gasteiger charge is -2.26. The summed E-state index contributed by atoms with van der Waals surface area (Å²) in [6, 6.07) is 6.21. The Balaban J connectivity index is 1.83. The maximum absolute atomic E-state index is 12.8. The Morgan fingerprint density at radius 2 is 1.85 bits per heavy atom. The molecule has 3 aromatic rings. The molecule has 0 bridgehead atoms. The molecule has 0 saturated heterocycles. The predicted molar refractivity (Wildman–Crippen MR) is 121 cm³/mol. The van der Waals surface area contributed by atoms with Crippen LogP contribution in [0.1, 0.15) is 43.7 Å². The highest BCUT2D eigenvalue weighted by Gasteiger charge is 2.28. The van der Waals surface area contributed by atoms with Gasteiger partial charge in [-0.25, -0.2) is 31.9 Å². The molecule has 1 saturated carbocycles. The predicted octanol–water partition coefficient (Wildman–Crippen LogP) is 4.71. The van der Waals surface area contributed by atoms with Crippen molar-refractivity contribution in [3.05, 3.63) is 41.2 Å². The fourth-order valence-corrected chi connectivity index (χ4v) is 5.55. The van der Waals surface area contributed by atoms with Gasteiger partial charge in [-0.1, -0.05) is 30.9 Å². The van der Waals surface area contributed by atoms with Gasteiger partial charge in [-0.3, -0.25) is 0 Å². The molecule has 7 nitrogen and oxygen atoms in total. The largest absolute Gasteiger partial charge is 0.334 e. The van der Waals surface area contributed by atoms with Gasteiger partial charge in [0.25, 0.3) is 0 Å². The second-order valence-corrected chi connectivity index (χ2v) is 10.2. The van der Waals surface area contributed by atoms with Gasteiger partial charge >= 0.3 is 0 Å². The van der Waals surface area contributed by atoms with Gasteiger partial charge in [0, 0.05) is 16.5 Å². The normalized spacial score (nSPS) is 15.2. The van der Waals surface area contributed by atoms with Crippen molar-refractivity contribution >= 4 is 32.5 Å². The highest BCUT2D eigenvalue weighted by molar-refractivity contribution is 7.89. The second-order valence-electron chi connectivity index (χ2n) is 8.03. The van der Waals surface area contributed by atoms with E-state index >= 15 is 0 Å². The first kappa shape index (κ1) is 23.5. The number of halogens is 3. The lowest BCUT2D eigenvalue weighted by molar-refractivity contribution is 0.334. The van der Waals surface area contributed by atoms with Gasteiger partial charge in [-0.05, 0) is 31.0 Å². The monoisotopic (exact) mass is 493 g/mol. The highest BCUT2D eigenvalue weighted by Crippen LogP contribution is 2.40. The maximum Gasteiger partial charge on any atom is 0.244 e. The summed E-state index contributed by atoms with van der Waals surface area (Å²) in [4.78, 5) is 8.15. The Labute approximate surface area is 195 Å². The zero-order valence-electron chi connectivity index (χ0n) is 17.6. The fourth-order valence-electron chi connectivity index (χ4n) is 4.30. The van der Waals surface area contributed by atoms with Crippen LogP contribution in [0.3, 0.4) is 0 Å². The van der Waals surface area contributed by atoms with Crippen LogP contribution in [0, 0.1) is 11.3 Å². The van der Waals surface area contributed by atoms with Crippen LogP contribution in [-0.4, -0.2) is 42.3 Å². The first-order valence-corrected chi connectivity index (χ1v) is 12.5. The number of hydrogen-bond donors (Lipinski definition) is 1. The van der Waals surface area contributed by atoms with Gasteiger partial charge in [0.15, 0.2) is 5.82 Å². The standard InChI is InChI=1S/C22H22ClF2N5O2S/c23-14-6-7-18-19(11-26)21(30(20(18)8-14)16-4-2-1-3-5-16)22-27-12-17(13-28-22)33(31,32)29-15(9-24)10-25/h6-8,12-13,15-16,29H,1-5,9-10H2. The number of benzene rings is 1. The minimum absolute atomic E-state index is 0.125. The highest BCUT2D eigenvalue weighted by atomic mass is 35.5. The molecule has 174 valence electrons. The number of sulfonamides is 1. The van der Waals surface area contributed by atoms with Crippen LogP contribution in [0.15, 0.2) is 35.5 Å². The minimum Gasteiger partial charge on any atom is -0.334 e. The molecule has 0 amide bonds. The van der Waals surface area contributed by atoms with E-state index in [1.807, 2.05) is 15.4 Å². The molecule has 2 heterocycles. The van der Waals surface area contributed by atoms with Crippen molar-refractivity contribution < 1.29 is 17.2 Å². The molecule has 2 aromatic heterocycles. The number of alkyl halides is 2. The van der Waals surface area contributed by atoms with E-state index in [0.29, 0.717) is 16.3 Å². The lowest BCUT2D eigenvalue weighted by atomic mass is 9.95. The number of aromatic nitrogens is 3. The summed E-state index contributed by atoms with van der Waals surface area (Å²) in [6.07, 6.45) is 7.27. The van der Waals surface area contributed by atoms with E-state index in [1.54, 1.807) is 12.1 Å².